The van der Waals surface area contributed by atoms with Crippen LogP contribution in [0.5, 0.6) is 0 Å². The summed E-state index contributed by atoms with van der Waals surface area (Å²) >= 11 is 6.87. The summed E-state index contributed by atoms with van der Waals surface area (Å²) < 4.78 is 31.9. The summed E-state index contributed by atoms with van der Waals surface area (Å²) in [6.07, 6.45) is 1.56. The van der Waals surface area contributed by atoms with Gasteiger partial charge < -0.3 is 4.57 Å². The predicted octanol–water partition coefficient (Wildman–Crippen LogP) is 6.27. The second-order valence-electron chi connectivity index (χ2n) is 8.74. The van der Waals surface area contributed by atoms with Gasteiger partial charge in [-0.05, 0) is 81.4 Å². The van der Waals surface area contributed by atoms with Crippen LogP contribution in [0.2, 0.25) is 0 Å². The molecule has 0 saturated carbocycles. The lowest BCUT2D eigenvalue weighted by atomic mass is 10.2. The molecule has 3 aromatic carbocycles. The van der Waals surface area contributed by atoms with Crippen LogP contribution >= 0.6 is 31.9 Å². The molecule has 4 rings (SSSR count). The number of hydrogen-bond acceptors (Lipinski definition) is 4. The van der Waals surface area contributed by atoms with Crippen LogP contribution in [-0.2, 0) is 14.8 Å². The highest BCUT2D eigenvalue weighted by molar-refractivity contribution is 9.10. The Morgan fingerprint density at radius 1 is 0.947 bits per heavy atom. The molecular formula is C28H26Br2N4O3S. The fraction of sp³-hybridized carbons (Fsp3) is 0.143. The molecule has 0 atom stereocenters. The number of amides is 1. The number of aryl methyl sites for hydroxylation is 2. The van der Waals surface area contributed by atoms with Gasteiger partial charge in [0, 0.05) is 31.6 Å². The second-order valence-corrected chi connectivity index (χ2v) is 12.4. The molecule has 1 amide bonds. The molecular weight excluding hydrogens is 632 g/mol. The maximum atomic E-state index is 13.5. The summed E-state index contributed by atoms with van der Waals surface area (Å²) in [6.45, 7) is 5.41. The zero-order valence-corrected chi connectivity index (χ0v) is 25.0. The minimum absolute atomic E-state index is 0.0994. The summed E-state index contributed by atoms with van der Waals surface area (Å²) in [5, 5.41) is 4.12. The largest absolute Gasteiger partial charge is 0.318 e. The third-order valence-electron chi connectivity index (χ3n) is 5.94. The summed E-state index contributed by atoms with van der Waals surface area (Å²) in [4.78, 5) is 13.0. The highest BCUT2D eigenvalue weighted by atomic mass is 79.9. The molecule has 7 nitrogen and oxygen atoms in total. The highest BCUT2D eigenvalue weighted by Crippen LogP contribution is 2.26. The Labute approximate surface area is 239 Å². The zero-order valence-electron chi connectivity index (χ0n) is 21.0. The van der Waals surface area contributed by atoms with Crippen molar-refractivity contribution >= 4 is 59.7 Å². The Hall–Kier alpha value is -3.21. The first-order chi connectivity index (χ1) is 18.1. The van der Waals surface area contributed by atoms with E-state index in [4.69, 9.17) is 0 Å². The minimum atomic E-state index is -4.00. The molecule has 0 aliphatic rings. The molecule has 10 heteroatoms. The predicted molar refractivity (Wildman–Crippen MR) is 159 cm³/mol. The molecule has 0 unspecified atom stereocenters. The lowest BCUT2D eigenvalue weighted by Gasteiger charge is -2.23. The van der Waals surface area contributed by atoms with E-state index in [2.05, 4.69) is 47.0 Å². The van der Waals surface area contributed by atoms with Crippen LogP contribution in [0, 0.1) is 20.8 Å². The topological polar surface area (TPSA) is 83.8 Å². The van der Waals surface area contributed by atoms with E-state index in [1.54, 1.807) is 42.6 Å². The summed E-state index contributed by atoms with van der Waals surface area (Å²) in [5.74, 6) is -0.569. The van der Waals surface area contributed by atoms with E-state index in [9.17, 15) is 13.2 Å². The first kappa shape index (κ1) is 27.8. The van der Waals surface area contributed by atoms with Gasteiger partial charge >= 0.3 is 0 Å². The van der Waals surface area contributed by atoms with Crippen molar-refractivity contribution < 1.29 is 13.2 Å². The van der Waals surface area contributed by atoms with E-state index in [1.165, 1.54) is 12.1 Å². The van der Waals surface area contributed by atoms with Gasteiger partial charge in [-0.2, -0.15) is 5.10 Å². The zero-order chi connectivity index (χ0) is 27.4. The van der Waals surface area contributed by atoms with Crippen LogP contribution in [-0.4, -0.2) is 31.7 Å². The van der Waals surface area contributed by atoms with E-state index in [0.29, 0.717) is 5.69 Å². The van der Waals surface area contributed by atoms with Crippen LogP contribution < -0.4 is 9.73 Å². The number of carbonyl (C=O) groups is 1. The Morgan fingerprint density at radius 2 is 1.63 bits per heavy atom. The molecule has 1 heterocycles. The van der Waals surface area contributed by atoms with E-state index < -0.39 is 22.5 Å². The summed E-state index contributed by atoms with van der Waals surface area (Å²) in [7, 11) is -4.00. The van der Waals surface area contributed by atoms with Gasteiger partial charge in [0.25, 0.3) is 15.9 Å². The van der Waals surface area contributed by atoms with E-state index >= 15 is 0 Å². The molecule has 1 N–H and O–H groups in total. The molecule has 0 saturated heterocycles. The van der Waals surface area contributed by atoms with Crippen molar-refractivity contribution in [1.82, 2.24) is 9.99 Å². The van der Waals surface area contributed by atoms with Crippen molar-refractivity contribution in [3.05, 3.63) is 110 Å². The second kappa shape index (κ2) is 11.7. The van der Waals surface area contributed by atoms with Gasteiger partial charge in [0.2, 0.25) is 0 Å². The lowest BCUT2D eigenvalue weighted by Crippen LogP contribution is -2.39. The van der Waals surface area contributed by atoms with Gasteiger partial charge in [0.05, 0.1) is 16.8 Å². The number of nitrogens with one attached hydrogen (secondary N) is 1. The van der Waals surface area contributed by atoms with Crippen molar-refractivity contribution in [2.45, 2.75) is 25.7 Å². The van der Waals surface area contributed by atoms with E-state index in [0.717, 1.165) is 41.5 Å². The molecule has 0 radical (unpaired) electrons. The summed E-state index contributed by atoms with van der Waals surface area (Å²) in [5.41, 5.74) is 7.59. The first-order valence-corrected chi connectivity index (χ1v) is 14.7. The minimum Gasteiger partial charge on any atom is -0.318 e. The number of carbonyl (C=O) groups excluding carboxylic acids is 1. The molecule has 4 aromatic rings. The molecule has 0 bridgehead atoms. The number of hydrazone groups is 1. The number of sulfonamides is 1. The van der Waals surface area contributed by atoms with Crippen LogP contribution in [0.15, 0.2) is 97.8 Å². The summed E-state index contributed by atoms with van der Waals surface area (Å²) in [6, 6.07) is 23.2. The Balaban J connectivity index is 1.55. The first-order valence-electron chi connectivity index (χ1n) is 11.7. The number of benzene rings is 3. The van der Waals surface area contributed by atoms with E-state index in [-0.39, 0.29) is 4.90 Å². The number of aromatic nitrogens is 1. The smallest absolute Gasteiger partial charge is 0.264 e. The third kappa shape index (κ3) is 6.25. The fourth-order valence-electron chi connectivity index (χ4n) is 4.03. The quantitative estimate of drug-likeness (QED) is 0.179. The molecule has 0 fully saturated rings. The van der Waals surface area contributed by atoms with Gasteiger partial charge in [-0.1, -0.05) is 55.6 Å². The maximum absolute atomic E-state index is 13.5. The number of nitrogens with zero attached hydrogens (tertiary/aromatic N) is 3. The van der Waals surface area contributed by atoms with Crippen molar-refractivity contribution in [1.29, 1.82) is 0 Å². The van der Waals surface area contributed by atoms with Crippen molar-refractivity contribution in [3.63, 3.8) is 0 Å². The van der Waals surface area contributed by atoms with Crippen molar-refractivity contribution in [3.8, 4) is 5.69 Å². The average Bonchev–Trinajstić information content (AvgIpc) is 3.16. The average molecular weight is 658 g/mol. The normalized spacial score (nSPS) is 11.6. The van der Waals surface area contributed by atoms with Crippen molar-refractivity contribution in [2.75, 3.05) is 10.8 Å². The Bertz CT molecular complexity index is 1600. The Morgan fingerprint density at radius 3 is 2.29 bits per heavy atom. The van der Waals surface area contributed by atoms with Crippen LogP contribution in [0.25, 0.3) is 5.69 Å². The Kier molecular flexibility index (Phi) is 8.54. The maximum Gasteiger partial charge on any atom is 0.264 e. The standard InChI is InChI=1S/C28H26Br2N4O3S/c1-19-7-13-27(14-8-19)38(36,37)33(25-11-9-23(29)10-12-25)18-28(35)32-31-17-22-15-20(2)34(21(22)3)26-6-4-5-24(30)16-26/h4-17H,18H2,1-3H3,(H,32,35)/b31-17+. The van der Waals surface area contributed by atoms with Gasteiger partial charge in [-0.3, -0.25) is 9.10 Å². The van der Waals surface area contributed by atoms with Gasteiger partial charge in [0.15, 0.2) is 0 Å². The monoisotopic (exact) mass is 656 g/mol. The van der Waals surface area contributed by atoms with Gasteiger partial charge in [0.1, 0.15) is 6.54 Å². The number of rotatable bonds is 8. The number of anilines is 1. The SMILES string of the molecule is Cc1ccc(S(=O)(=O)N(CC(=O)N/N=C/c2cc(C)n(-c3cccc(Br)c3)c2C)c2ccc(Br)cc2)cc1. The van der Waals surface area contributed by atoms with Crippen LogP contribution in [0.1, 0.15) is 22.5 Å². The molecule has 196 valence electrons. The highest BCUT2D eigenvalue weighted by Gasteiger charge is 2.27. The van der Waals surface area contributed by atoms with E-state index in [1.807, 2.05) is 51.1 Å². The molecule has 1 aromatic heterocycles. The molecule has 0 spiro atoms. The number of hydrogen-bond donors (Lipinski definition) is 1. The van der Waals surface area contributed by atoms with Gasteiger partial charge in [-0.15, -0.1) is 0 Å². The molecule has 0 aliphatic carbocycles. The van der Waals surface area contributed by atoms with Crippen LogP contribution in [0.3, 0.4) is 0 Å². The lowest BCUT2D eigenvalue weighted by molar-refractivity contribution is -0.119. The third-order valence-corrected chi connectivity index (χ3v) is 8.75. The molecule has 38 heavy (non-hydrogen) atoms. The number of halogens is 2. The van der Waals surface area contributed by atoms with Crippen molar-refractivity contribution in [2.24, 2.45) is 5.10 Å². The fourth-order valence-corrected chi connectivity index (χ4v) is 6.10. The molecule has 0 aliphatic heterocycles. The van der Waals surface area contributed by atoms with Gasteiger partial charge in [-0.25, -0.2) is 13.8 Å². The van der Waals surface area contributed by atoms with Crippen LogP contribution in [0.4, 0.5) is 5.69 Å².